The van der Waals surface area contributed by atoms with E-state index in [1.807, 2.05) is 6.92 Å². The summed E-state index contributed by atoms with van der Waals surface area (Å²) in [5.41, 5.74) is 0. The lowest BCUT2D eigenvalue weighted by Crippen LogP contribution is -2.26. The molecule has 0 bridgehead atoms. The Bertz CT molecular complexity index is 302. The summed E-state index contributed by atoms with van der Waals surface area (Å²) >= 11 is 0. The molecule has 4 heteroatoms. The van der Waals surface area contributed by atoms with E-state index in [2.05, 4.69) is 6.92 Å². The van der Waals surface area contributed by atoms with Gasteiger partial charge in [0, 0.05) is 6.42 Å². The molecule has 0 radical (unpaired) electrons. The van der Waals surface area contributed by atoms with Crippen molar-refractivity contribution in [2.24, 2.45) is 0 Å². The minimum atomic E-state index is -0.794. The van der Waals surface area contributed by atoms with E-state index in [4.69, 9.17) is 9.47 Å². The summed E-state index contributed by atoms with van der Waals surface area (Å²) in [7, 11) is 0. The lowest BCUT2D eigenvalue weighted by molar-refractivity contribution is -0.166. The van der Waals surface area contributed by atoms with Crippen molar-refractivity contribution < 1.29 is 19.1 Å². The highest BCUT2D eigenvalue weighted by Crippen LogP contribution is 2.11. The van der Waals surface area contributed by atoms with Gasteiger partial charge >= 0.3 is 11.9 Å². The maximum atomic E-state index is 11.7. The molecule has 23 heavy (non-hydrogen) atoms. The summed E-state index contributed by atoms with van der Waals surface area (Å²) in [6, 6.07) is 0. The summed E-state index contributed by atoms with van der Waals surface area (Å²) < 4.78 is 10.1. The fourth-order valence-corrected chi connectivity index (χ4v) is 2.32. The third-order valence-electron chi connectivity index (χ3n) is 3.87. The Hall–Kier alpha value is -1.06. The first-order chi connectivity index (χ1) is 11.1. The molecule has 0 aliphatic heterocycles. The topological polar surface area (TPSA) is 52.6 Å². The van der Waals surface area contributed by atoms with Crippen molar-refractivity contribution >= 4 is 11.9 Å². The Morgan fingerprint density at radius 1 is 0.783 bits per heavy atom. The molecule has 0 aliphatic rings. The van der Waals surface area contributed by atoms with E-state index in [0.717, 1.165) is 25.7 Å². The highest BCUT2D eigenvalue weighted by atomic mass is 16.6. The number of unbranched alkanes of at least 4 members (excludes halogenated alkanes) is 9. The van der Waals surface area contributed by atoms with E-state index in [1.54, 1.807) is 6.92 Å². The van der Waals surface area contributed by atoms with E-state index in [0.29, 0.717) is 13.0 Å². The fourth-order valence-electron chi connectivity index (χ4n) is 2.32. The molecule has 0 spiro atoms. The van der Waals surface area contributed by atoms with Crippen LogP contribution in [0, 0.1) is 0 Å². The first kappa shape index (κ1) is 21.9. The zero-order valence-electron chi connectivity index (χ0n) is 15.4. The Labute approximate surface area is 142 Å². The third-order valence-corrected chi connectivity index (χ3v) is 3.87. The molecule has 0 aromatic carbocycles. The minimum Gasteiger partial charge on any atom is -0.463 e. The Morgan fingerprint density at radius 3 is 1.87 bits per heavy atom. The van der Waals surface area contributed by atoms with Gasteiger partial charge in [-0.2, -0.15) is 0 Å². The van der Waals surface area contributed by atoms with Crippen LogP contribution < -0.4 is 0 Å². The summed E-state index contributed by atoms with van der Waals surface area (Å²) in [6.07, 6.45) is 12.3. The molecule has 0 saturated heterocycles. The van der Waals surface area contributed by atoms with Gasteiger partial charge in [-0.25, -0.2) is 4.79 Å². The van der Waals surface area contributed by atoms with Crippen molar-refractivity contribution in [1.29, 1.82) is 0 Å². The molecule has 4 nitrogen and oxygen atoms in total. The first-order valence-electron chi connectivity index (χ1n) is 9.47. The van der Waals surface area contributed by atoms with Crippen LogP contribution in [0.3, 0.4) is 0 Å². The fraction of sp³-hybridized carbons (Fsp3) is 0.895. The van der Waals surface area contributed by atoms with Crippen LogP contribution in [-0.4, -0.2) is 24.6 Å². The van der Waals surface area contributed by atoms with Crippen molar-refractivity contribution in [2.75, 3.05) is 6.61 Å². The molecule has 0 aromatic rings. The summed E-state index contributed by atoms with van der Waals surface area (Å²) in [5.74, 6) is -0.744. The second kappa shape index (κ2) is 15.8. The maximum absolute atomic E-state index is 11.7. The predicted octanol–water partition coefficient (Wildman–Crippen LogP) is 5.18. The first-order valence-corrected chi connectivity index (χ1v) is 9.47. The van der Waals surface area contributed by atoms with Crippen molar-refractivity contribution in [3.05, 3.63) is 0 Å². The molecule has 1 unspecified atom stereocenters. The highest BCUT2D eigenvalue weighted by Gasteiger charge is 2.18. The van der Waals surface area contributed by atoms with Crippen LogP contribution in [0.2, 0.25) is 0 Å². The summed E-state index contributed by atoms with van der Waals surface area (Å²) in [4.78, 5) is 23.2. The summed E-state index contributed by atoms with van der Waals surface area (Å²) in [5, 5.41) is 0. The largest absolute Gasteiger partial charge is 0.463 e. The van der Waals surface area contributed by atoms with Gasteiger partial charge in [-0.15, -0.1) is 0 Å². The van der Waals surface area contributed by atoms with E-state index in [9.17, 15) is 9.59 Å². The van der Waals surface area contributed by atoms with Crippen LogP contribution in [0.1, 0.15) is 97.8 Å². The standard InChI is InChI=1S/C19H36O4/c1-4-6-8-9-10-11-12-13-14-15-18(20)23-17(3)19(21)22-16-7-5-2/h17H,4-16H2,1-3H3. The van der Waals surface area contributed by atoms with E-state index in [1.165, 1.54) is 44.9 Å². The zero-order valence-corrected chi connectivity index (χ0v) is 15.4. The normalized spacial score (nSPS) is 12.0. The van der Waals surface area contributed by atoms with E-state index >= 15 is 0 Å². The van der Waals surface area contributed by atoms with E-state index < -0.39 is 12.1 Å². The lowest BCUT2D eigenvalue weighted by atomic mass is 10.1. The average Bonchev–Trinajstić information content (AvgIpc) is 2.53. The summed E-state index contributed by atoms with van der Waals surface area (Å²) in [6.45, 7) is 6.23. The van der Waals surface area contributed by atoms with Crippen LogP contribution in [-0.2, 0) is 19.1 Å². The second-order valence-electron chi connectivity index (χ2n) is 6.23. The van der Waals surface area contributed by atoms with Gasteiger partial charge in [0.15, 0.2) is 6.10 Å². The number of hydrogen-bond donors (Lipinski definition) is 0. The monoisotopic (exact) mass is 328 g/mol. The molecular weight excluding hydrogens is 292 g/mol. The molecule has 0 heterocycles. The van der Waals surface area contributed by atoms with Crippen LogP contribution in [0.4, 0.5) is 0 Å². The highest BCUT2D eigenvalue weighted by molar-refractivity contribution is 5.78. The number of ether oxygens (including phenoxy) is 2. The van der Waals surface area contributed by atoms with Crippen molar-refractivity contribution in [1.82, 2.24) is 0 Å². The predicted molar refractivity (Wildman–Crippen MR) is 93.3 cm³/mol. The quantitative estimate of drug-likeness (QED) is 0.307. The number of rotatable bonds is 15. The zero-order chi connectivity index (χ0) is 17.3. The van der Waals surface area contributed by atoms with Gasteiger partial charge in [0.25, 0.3) is 0 Å². The van der Waals surface area contributed by atoms with Gasteiger partial charge in [-0.05, 0) is 19.8 Å². The van der Waals surface area contributed by atoms with Gasteiger partial charge < -0.3 is 9.47 Å². The molecule has 136 valence electrons. The second-order valence-corrected chi connectivity index (χ2v) is 6.23. The maximum Gasteiger partial charge on any atom is 0.347 e. The molecule has 0 fully saturated rings. The van der Waals surface area contributed by atoms with Crippen molar-refractivity contribution in [3.63, 3.8) is 0 Å². The number of hydrogen-bond acceptors (Lipinski definition) is 4. The minimum absolute atomic E-state index is 0.298. The number of carbonyl (C=O) groups excluding carboxylic acids is 2. The van der Waals surface area contributed by atoms with Gasteiger partial charge in [-0.1, -0.05) is 71.6 Å². The van der Waals surface area contributed by atoms with Gasteiger partial charge in [0.05, 0.1) is 6.61 Å². The molecule has 0 N–H and O–H groups in total. The van der Waals surface area contributed by atoms with Crippen LogP contribution in [0.5, 0.6) is 0 Å². The Morgan fingerprint density at radius 2 is 1.30 bits per heavy atom. The smallest absolute Gasteiger partial charge is 0.347 e. The number of carbonyl (C=O) groups is 2. The molecule has 1 atom stereocenters. The van der Waals surface area contributed by atoms with Crippen molar-refractivity contribution in [3.8, 4) is 0 Å². The molecule has 0 rings (SSSR count). The Kier molecular flexibility index (Phi) is 15.1. The van der Waals surface area contributed by atoms with Crippen molar-refractivity contribution in [2.45, 2.75) is 104 Å². The van der Waals surface area contributed by atoms with E-state index in [-0.39, 0.29) is 5.97 Å². The van der Waals surface area contributed by atoms with Crippen LogP contribution in [0.15, 0.2) is 0 Å². The van der Waals surface area contributed by atoms with Gasteiger partial charge in [0.1, 0.15) is 0 Å². The molecular formula is C19H36O4. The molecule has 0 amide bonds. The molecule has 0 aliphatic carbocycles. The van der Waals surface area contributed by atoms with Gasteiger partial charge in [-0.3, -0.25) is 4.79 Å². The van der Waals surface area contributed by atoms with Crippen LogP contribution in [0.25, 0.3) is 0 Å². The average molecular weight is 328 g/mol. The molecule has 0 aromatic heterocycles. The van der Waals surface area contributed by atoms with Crippen LogP contribution >= 0.6 is 0 Å². The SMILES string of the molecule is CCCCCCCCCCCC(=O)OC(C)C(=O)OCCCC. The third kappa shape index (κ3) is 14.3. The lowest BCUT2D eigenvalue weighted by Gasteiger charge is -2.12. The molecule has 0 saturated carbocycles. The van der Waals surface area contributed by atoms with Gasteiger partial charge in [0.2, 0.25) is 0 Å². The number of esters is 2. The Balaban J connectivity index is 3.50.